The highest BCUT2D eigenvalue weighted by Crippen LogP contribution is 2.24. The zero-order chi connectivity index (χ0) is 18.1. The lowest BCUT2D eigenvalue weighted by Crippen LogP contribution is -2.32. The summed E-state index contributed by atoms with van der Waals surface area (Å²) in [5.74, 6) is 0.659. The molecular weight excluding hydrogens is 344 g/mol. The highest BCUT2D eigenvalue weighted by molar-refractivity contribution is 5.62. The SMILES string of the molecule is O[C@H]1CNC[C@@H]1Nc1cccc(-c2cnc3ccc(OC(F)F)cn23)n1. The van der Waals surface area contributed by atoms with Gasteiger partial charge in [-0.05, 0) is 24.3 Å². The summed E-state index contributed by atoms with van der Waals surface area (Å²) in [6.45, 7) is -1.70. The molecule has 1 saturated heterocycles. The minimum absolute atomic E-state index is 0.0428. The maximum atomic E-state index is 12.5. The second-order valence-electron chi connectivity index (χ2n) is 6.00. The first-order valence-electron chi connectivity index (χ1n) is 8.15. The van der Waals surface area contributed by atoms with Crippen molar-refractivity contribution in [1.29, 1.82) is 0 Å². The predicted octanol–water partition coefficient (Wildman–Crippen LogP) is 1.74. The molecule has 0 amide bonds. The number of hydrogen-bond donors (Lipinski definition) is 3. The summed E-state index contributed by atoms with van der Waals surface area (Å²) < 4.78 is 31.0. The Morgan fingerprint density at radius 3 is 2.92 bits per heavy atom. The fourth-order valence-corrected chi connectivity index (χ4v) is 2.98. The number of fused-ring (bicyclic) bond motifs is 1. The van der Waals surface area contributed by atoms with Gasteiger partial charge in [-0.1, -0.05) is 6.07 Å². The largest absolute Gasteiger partial charge is 0.433 e. The van der Waals surface area contributed by atoms with Gasteiger partial charge in [-0.15, -0.1) is 0 Å². The topological polar surface area (TPSA) is 83.7 Å². The third-order valence-corrected chi connectivity index (χ3v) is 4.23. The fourth-order valence-electron chi connectivity index (χ4n) is 2.98. The predicted molar refractivity (Wildman–Crippen MR) is 91.3 cm³/mol. The number of alkyl halides is 2. The van der Waals surface area contributed by atoms with Gasteiger partial charge in [0.15, 0.2) is 0 Å². The van der Waals surface area contributed by atoms with Crippen molar-refractivity contribution in [3.05, 3.63) is 42.7 Å². The number of imidazole rings is 1. The monoisotopic (exact) mass is 361 g/mol. The van der Waals surface area contributed by atoms with Crippen molar-refractivity contribution in [3.63, 3.8) is 0 Å². The van der Waals surface area contributed by atoms with Gasteiger partial charge in [-0.25, -0.2) is 9.97 Å². The number of rotatable bonds is 5. The number of aliphatic hydroxyl groups is 1. The number of pyridine rings is 2. The molecule has 3 aromatic heterocycles. The Bertz CT molecular complexity index is 917. The standard InChI is InChI=1S/C17H17F2N5O2/c18-17(19)26-10-4-5-16-21-7-13(24(16)9-10)11-2-1-3-15(22-11)23-12-6-20-8-14(12)25/h1-5,7,9,12,14,17,20,25H,6,8H2,(H,22,23)/t12-,14-/m0/s1. The molecule has 1 fully saturated rings. The van der Waals surface area contributed by atoms with Crippen LogP contribution in [0.1, 0.15) is 0 Å². The van der Waals surface area contributed by atoms with Crippen molar-refractivity contribution >= 4 is 11.5 Å². The first-order valence-corrected chi connectivity index (χ1v) is 8.15. The molecule has 136 valence electrons. The van der Waals surface area contributed by atoms with Gasteiger partial charge in [0.25, 0.3) is 0 Å². The van der Waals surface area contributed by atoms with E-state index in [1.165, 1.54) is 12.3 Å². The number of aromatic nitrogens is 3. The zero-order valence-corrected chi connectivity index (χ0v) is 13.6. The van der Waals surface area contributed by atoms with Crippen molar-refractivity contribution in [1.82, 2.24) is 19.7 Å². The van der Waals surface area contributed by atoms with Crippen LogP contribution < -0.4 is 15.4 Å². The maximum absolute atomic E-state index is 12.5. The van der Waals surface area contributed by atoms with Crippen molar-refractivity contribution in [3.8, 4) is 17.1 Å². The van der Waals surface area contributed by atoms with E-state index in [2.05, 4.69) is 25.3 Å². The minimum Gasteiger partial charge on any atom is -0.433 e. The number of anilines is 1. The number of β-amino-alcohol motifs (C(OH)–C–C–N with tert-alkyl or cyclic N) is 1. The molecule has 26 heavy (non-hydrogen) atoms. The molecule has 0 saturated carbocycles. The van der Waals surface area contributed by atoms with Crippen LogP contribution in [0.4, 0.5) is 14.6 Å². The molecule has 0 radical (unpaired) electrons. The Morgan fingerprint density at radius 1 is 1.27 bits per heavy atom. The first kappa shape index (κ1) is 16.7. The smallest absolute Gasteiger partial charge is 0.387 e. The average molecular weight is 361 g/mol. The lowest BCUT2D eigenvalue weighted by molar-refractivity contribution is -0.0501. The quantitative estimate of drug-likeness (QED) is 0.642. The lowest BCUT2D eigenvalue weighted by atomic mass is 10.2. The number of ether oxygens (including phenoxy) is 1. The third-order valence-electron chi connectivity index (χ3n) is 4.23. The van der Waals surface area contributed by atoms with Gasteiger partial charge in [0.2, 0.25) is 0 Å². The van der Waals surface area contributed by atoms with Crippen LogP contribution in [0.15, 0.2) is 42.7 Å². The second kappa shape index (κ2) is 6.85. The molecule has 0 aromatic carbocycles. The molecule has 3 aromatic rings. The normalized spacial score (nSPS) is 20.0. The number of halogens is 2. The van der Waals surface area contributed by atoms with Crippen molar-refractivity contribution in [2.45, 2.75) is 18.8 Å². The van der Waals surface area contributed by atoms with E-state index in [0.717, 1.165) is 0 Å². The van der Waals surface area contributed by atoms with Crippen molar-refractivity contribution in [2.75, 3.05) is 18.4 Å². The Labute approximate surface area is 147 Å². The van der Waals surface area contributed by atoms with E-state index in [0.29, 0.717) is 35.9 Å². The molecule has 9 heteroatoms. The highest BCUT2D eigenvalue weighted by atomic mass is 19.3. The molecule has 4 heterocycles. The van der Waals surface area contributed by atoms with Gasteiger partial charge >= 0.3 is 6.61 Å². The summed E-state index contributed by atoms with van der Waals surface area (Å²) >= 11 is 0. The third kappa shape index (κ3) is 3.31. The van der Waals surface area contributed by atoms with Crippen molar-refractivity contribution < 1.29 is 18.6 Å². The molecular formula is C17H17F2N5O2. The van der Waals surface area contributed by atoms with E-state index >= 15 is 0 Å². The van der Waals surface area contributed by atoms with Crippen LogP contribution in [-0.4, -0.2) is 51.3 Å². The van der Waals surface area contributed by atoms with Crippen LogP contribution in [0.3, 0.4) is 0 Å². The number of aliphatic hydroxyl groups excluding tert-OH is 1. The molecule has 1 aliphatic rings. The highest BCUT2D eigenvalue weighted by Gasteiger charge is 2.25. The second-order valence-corrected chi connectivity index (χ2v) is 6.00. The Kier molecular flexibility index (Phi) is 4.39. The van der Waals surface area contributed by atoms with Gasteiger partial charge in [0.05, 0.1) is 35.9 Å². The minimum atomic E-state index is -2.89. The molecule has 0 aliphatic carbocycles. The molecule has 0 unspecified atom stereocenters. The summed E-state index contributed by atoms with van der Waals surface area (Å²) in [7, 11) is 0. The van der Waals surface area contributed by atoms with Crippen LogP contribution >= 0.6 is 0 Å². The summed E-state index contributed by atoms with van der Waals surface area (Å²) in [5, 5.41) is 16.2. The van der Waals surface area contributed by atoms with Gasteiger partial charge in [0, 0.05) is 13.1 Å². The summed E-state index contributed by atoms with van der Waals surface area (Å²) in [6.07, 6.45) is 2.60. The van der Waals surface area contributed by atoms with Crippen LogP contribution in [0.25, 0.3) is 17.0 Å². The molecule has 2 atom stereocenters. The van der Waals surface area contributed by atoms with E-state index in [4.69, 9.17) is 0 Å². The van der Waals surface area contributed by atoms with Gasteiger partial charge < -0.3 is 20.5 Å². The molecule has 4 rings (SSSR count). The van der Waals surface area contributed by atoms with E-state index in [1.54, 1.807) is 22.7 Å². The van der Waals surface area contributed by atoms with Gasteiger partial charge in [0.1, 0.15) is 17.2 Å². The average Bonchev–Trinajstić information content (AvgIpc) is 3.21. The zero-order valence-electron chi connectivity index (χ0n) is 13.6. The first-order chi connectivity index (χ1) is 12.6. The van der Waals surface area contributed by atoms with Crippen molar-refractivity contribution in [2.24, 2.45) is 0 Å². The summed E-state index contributed by atoms with van der Waals surface area (Å²) in [6, 6.07) is 8.37. The molecule has 7 nitrogen and oxygen atoms in total. The van der Waals surface area contributed by atoms with E-state index in [-0.39, 0.29) is 11.8 Å². The number of nitrogens with zero attached hydrogens (tertiary/aromatic N) is 3. The van der Waals surface area contributed by atoms with Crippen LogP contribution in [0.2, 0.25) is 0 Å². The summed E-state index contributed by atoms with van der Waals surface area (Å²) in [4.78, 5) is 8.82. The van der Waals surface area contributed by atoms with E-state index in [9.17, 15) is 13.9 Å². The maximum Gasteiger partial charge on any atom is 0.387 e. The van der Waals surface area contributed by atoms with Crippen LogP contribution in [0, 0.1) is 0 Å². The van der Waals surface area contributed by atoms with Gasteiger partial charge in [-0.2, -0.15) is 8.78 Å². The van der Waals surface area contributed by atoms with E-state index in [1.807, 2.05) is 12.1 Å². The fraction of sp³-hybridized carbons (Fsp3) is 0.294. The Hall–Kier alpha value is -2.78. The number of hydrogen-bond acceptors (Lipinski definition) is 6. The van der Waals surface area contributed by atoms with Crippen LogP contribution in [-0.2, 0) is 0 Å². The lowest BCUT2D eigenvalue weighted by Gasteiger charge is -2.16. The number of nitrogens with one attached hydrogen (secondary N) is 2. The summed E-state index contributed by atoms with van der Waals surface area (Å²) in [5.41, 5.74) is 1.86. The van der Waals surface area contributed by atoms with E-state index < -0.39 is 12.7 Å². The Morgan fingerprint density at radius 2 is 2.15 bits per heavy atom. The molecule has 0 spiro atoms. The van der Waals surface area contributed by atoms with Crippen LogP contribution in [0.5, 0.6) is 5.75 Å². The van der Waals surface area contributed by atoms with Gasteiger partial charge in [-0.3, -0.25) is 4.40 Å². The molecule has 1 aliphatic heterocycles. The molecule has 3 N–H and O–H groups in total. The Balaban J connectivity index is 1.65. The molecule has 0 bridgehead atoms.